The molecule has 14 heteroatoms. The van der Waals surface area contributed by atoms with E-state index in [2.05, 4.69) is 19.7 Å². The fraction of sp³-hybridized carbons (Fsp3) is 0.0690. The van der Waals surface area contributed by atoms with E-state index in [9.17, 15) is 45.1 Å². The molecule has 0 aliphatic heterocycles. The molecule has 0 saturated carbocycles. The molecule has 0 unspecified atom stereocenters. The fourth-order valence-electron chi connectivity index (χ4n) is 3.07. The Labute approximate surface area is 242 Å². The van der Waals surface area contributed by atoms with Crippen LogP contribution < -0.4 is 14.2 Å². The molecular formula is C29H18F7O6S+. The molecule has 3 rings (SSSR count). The summed E-state index contributed by atoms with van der Waals surface area (Å²) in [5.41, 5.74) is -3.40. The lowest BCUT2D eigenvalue weighted by Crippen LogP contribution is -2.23. The van der Waals surface area contributed by atoms with Gasteiger partial charge in [0.1, 0.15) is 28.4 Å². The topological polar surface area (TPSA) is 78.9 Å². The number of halogens is 7. The highest BCUT2D eigenvalue weighted by molar-refractivity contribution is 7.97. The minimum atomic E-state index is -4.98. The summed E-state index contributed by atoms with van der Waals surface area (Å²) in [7, 11) is -1.04. The number of ether oxygens (including phenoxy) is 3. The third-order valence-corrected chi connectivity index (χ3v) is 7.44. The number of benzene rings is 3. The first-order valence-corrected chi connectivity index (χ1v) is 12.8. The van der Waals surface area contributed by atoms with Gasteiger partial charge in [0, 0.05) is 0 Å². The van der Waals surface area contributed by atoms with Crippen molar-refractivity contribution in [2.24, 2.45) is 0 Å². The second-order valence-corrected chi connectivity index (χ2v) is 10.3. The van der Waals surface area contributed by atoms with Gasteiger partial charge in [-0.15, -0.1) is 0 Å². The molecule has 43 heavy (non-hydrogen) atoms. The Morgan fingerprint density at radius 2 is 0.767 bits per heavy atom. The molecule has 0 atom stereocenters. The number of carbonyl (C=O) groups is 3. The molecule has 0 amide bonds. The van der Waals surface area contributed by atoms with Crippen LogP contribution >= 0.6 is 0 Å². The lowest BCUT2D eigenvalue weighted by atomic mass is 10.3. The molecule has 6 nitrogen and oxygen atoms in total. The Balaban J connectivity index is 1.93. The van der Waals surface area contributed by atoms with E-state index in [-0.39, 0.29) is 17.2 Å². The van der Waals surface area contributed by atoms with Crippen LogP contribution in [-0.2, 0) is 25.3 Å². The largest absolute Gasteiger partial charge is 0.423 e. The van der Waals surface area contributed by atoms with Gasteiger partial charge in [0.15, 0.2) is 14.7 Å². The molecular weight excluding hydrogens is 609 g/mol. The van der Waals surface area contributed by atoms with Crippen molar-refractivity contribution >= 4 is 28.8 Å². The summed E-state index contributed by atoms with van der Waals surface area (Å²) < 4.78 is 104. The fourth-order valence-corrected chi connectivity index (χ4v) is 5.11. The van der Waals surface area contributed by atoms with Crippen molar-refractivity contribution in [2.75, 3.05) is 0 Å². The standard InChI is InChI=1S/C29H18F7O6S/c1-16(28(31,32)33)25(37)40-19-4-10-22(11-5-19)43(24-14-8-21(9-15-24)42-27(39)18(3)30)23-12-6-20(7-13-23)41-26(38)17(2)29(34,35)36/h4-15H,1-3H2/q+1. The van der Waals surface area contributed by atoms with Gasteiger partial charge in [-0.2, -0.15) is 30.7 Å². The molecule has 0 fully saturated rings. The van der Waals surface area contributed by atoms with Crippen LogP contribution in [0.3, 0.4) is 0 Å². The van der Waals surface area contributed by atoms with Crippen LogP contribution in [0.5, 0.6) is 17.2 Å². The highest BCUT2D eigenvalue weighted by atomic mass is 32.2. The van der Waals surface area contributed by atoms with Crippen LogP contribution in [0.1, 0.15) is 0 Å². The molecule has 0 aliphatic carbocycles. The minimum absolute atomic E-state index is 0.0181. The van der Waals surface area contributed by atoms with E-state index in [1.807, 2.05) is 0 Å². The molecule has 3 aromatic rings. The molecule has 0 heterocycles. The normalized spacial score (nSPS) is 11.4. The Hall–Kier alpha value is -4.85. The van der Waals surface area contributed by atoms with Gasteiger partial charge in [0.05, 0.1) is 10.9 Å². The first-order chi connectivity index (χ1) is 20.0. The highest BCUT2D eigenvalue weighted by Gasteiger charge is 2.39. The van der Waals surface area contributed by atoms with E-state index in [1.165, 1.54) is 72.8 Å². The average molecular weight is 628 g/mol. The highest BCUT2D eigenvalue weighted by Crippen LogP contribution is 2.35. The Kier molecular flexibility index (Phi) is 9.86. The van der Waals surface area contributed by atoms with Crippen LogP contribution in [-0.4, -0.2) is 30.3 Å². The van der Waals surface area contributed by atoms with Crippen molar-refractivity contribution in [1.82, 2.24) is 0 Å². The number of carbonyl (C=O) groups excluding carboxylic acids is 3. The Bertz CT molecular complexity index is 1480. The molecule has 0 aliphatic rings. The van der Waals surface area contributed by atoms with Crippen molar-refractivity contribution in [1.29, 1.82) is 0 Å². The van der Waals surface area contributed by atoms with Crippen molar-refractivity contribution in [3.63, 3.8) is 0 Å². The van der Waals surface area contributed by atoms with E-state index in [1.54, 1.807) is 0 Å². The Morgan fingerprint density at radius 3 is 1.00 bits per heavy atom. The zero-order valence-corrected chi connectivity index (χ0v) is 22.4. The van der Waals surface area contributed by atoms with E-state index in [4.69, 9.17) is 14.2 Å². The summed E-state index contributed by atoms with van der Waals surface area (Å²) in [6, 6.07) is 16.5. The van der Waals surface area contributed by atoms with Crippen molar-refractivity contribution in [3.05, 3.63) is 110 Å². The molecule has 224 valence electrons. The first-order valence-electron chi connectivity index (χ1n) is 11.5. The van der Waals surface area contributed by atoms with Gasteiger partial charge >= 0.3 is 30.3 Å². The predicted octanol–water partition coefficient (Wildman–Crippen LogP) is 7.22. The van der Waals surface area contributed by atoms with Gasteiger partial charge in [-0.25, -0.2) is 14.4 Å². The molecule has 0 bridgehead atoms. The quantitative estimate of drug-likeness (QED) is 0.0820. The maximum atomic E-state index is 13.0. The molecule has 0 spiro atoms. The Morgan fingerprint density at radius 1 is 0.512 bits per heavy atom. The summed E-state index contributed by atoms with van der Waals surface area (Å²) >= 11 is 0. The maximum absolute atomic E-state index is 13.0. The van der Waals surface area contributed by atoms with E-state index in [0.717, 1.165) is 0 Å². The van der Waals surface area contributed by atoms with E-state index >= 15 is 0 Å². The average Bonchev–Trinajstić information content (AvgIpc) is 2.93. The summed E-state index contributed by atoms with van der Waals surface area (Å²) in [4.78, 5) is 36.6. The van der Waals surface area contributed by atoms with E-state index in [0.29, 0.717) is 14.7 Å². The van der Waals surface area contributed by atoms with E-state index < -0.39 is 58.1 Å². The number of alkyl halides is 6. The van der Waals surface area contributed by atoms with Crippen LogP contribution in [0.2, 0.25) is 0 Å². The molecule has 0 radical (unpaired) electrons. The second kappa shape index (κ2) is 13.0. The predicted molar refractivity (Wildman–Crippen MR) is 139 cm³/mol. The number of hydrogen-bond acceptors (Lipinski definition) is 6. The second-order valence-electron chi connectivity index (χ2n) is 8.25. The van der Waals surface area contributed by atoms with Crippen molar-refractivity contribution in [3.8, 4) is 17.2 Å². The molecule has 0 N–H and O–H groups in total. The third kappa shape index (κ3) is 8.58. The monoisotopic (exact) mass is 627 g/mol. The van der Waals surface area contributed by atoms with Crippen molar-refractivity contribution in [2.45, 2.75) is 27.0 Å². The first kappa shape index (κ1) is 32.7. The van der Waals surface area contributed by atoms with Crippen LogP contribution in [0.25, 0.3) is 0 Å². The lowest BCUT2D eigenvalue weighted by molar-refractivity contribution is -0.143. The zero-order valence-electron chi connectivity index (χ0n) is 21.6. The number of rotatable bonds is 9. The molecule has 0 aromatic heterocycles. The van der Waals surface area contributed by atoms with Gasteiger partial charge in [0.2, 0.25) is 5.83 Å². The van der Waals surface area contributed by atoms with Gasteiger partial charge in [-0.3, -0.25) is 0 Å². The minimum Gasteiger partial charge on any atom is -0.423 e. The summed E-state index contributed by atoms with van der Waals surface area (Å²) in [5, 5.41) is 0. The van der Waals surface area contributed by atoms with Gasteiger partial charge in [-0.1, -0.05) is 19.7 Å². The van der Waals surface area contributed by atoms with Gasteiger partial charge < -0.3 is 14.2 Å². The SMILES string of the molecule is C=C(F)C(=O)Oc1ccc([S+](c2ccc(OC(=O)C(=C)C(F)(F)F)cc2)c2ccc(OC(=O)C(=C)C(F)(F)F)cc2)cc1. The van der Waals surface area contributed by atoms with Gasteiger partial charge in [-0.05, 0) is 72.8 Å². The van der Waals surface area contributed by atoms with Crippen LogP contribution in [0, 0.1) is 0 Å². The third-order valence-electron chi connectivity index (χ3n) is 5.21. The smallest absolute Gasteiger partial charge is 0.422 e. The van der Waals surface area contributed by atoms with Crippen LogP contribution in [0.15, 0.2) is 124 Å². The van der Waals surface area contributed by atoms with Crippen LogP contribution in [0.4, 0.5) is 30.7 Å². The van der Waals surface area contributed by atoms with Crippen molar-refractivity contribution < 1.29 is 59.3 Å². The van der Waals surface area contributed by atoms with Gasteiger partial charge in [0.25, 0.3) is 0 Å². The zero-order chi connectivity index (χ0) is 32.1. The molecule has 0 saturated heterocycles. The maximum Gasteiger partial charge on any atom is 0.422 e. The number of esters is 3. The number of hydrogen-bond donors (Lipinski definition) is 0. The summed E-state index contributed by atoms with van der Waals surface area (Å²) in [6.45, 7) is 8.21. The summed E-state index contributed by atoms with van der Waals surface area (Å²) in [6.07, 6.45) is -9.97. The lowest BCUT2D eigenvalue weighted by Gasteiger charge is -2.12. The summed E-state index contributed by atoms with van der Waals surface area (Å²) in [5.74, 6) is -6.47. The molecule has 3 aromatic carbocycles.